The Morgan fingerprint density at radius 1 is 1.24 bits per heavy atom. The number of methoxy groups -OCH3 is 2. The summed E-state index contributed by atoms with van der Waals surface area (Å²) in [5.41, 5.74) is 7.06. The first kappa shape index (κ1) is 16.7. The fraction of sp³-hybridized carbons (Fsp3) is 0.294. The molecule has 0 unspecified atom stereocenters. The molecule has 25 heavy (non-hydrogen) atoms. The average molecular weight is 341 g/mol. The summed E-state index contributed by atoms with van der Waals surface area (Å²) in [7, 11) is 3.05. The maximum Gasteiger partial charge on any atom is 0.286 e. The van der Waals surface area contributed by atoms with Crippen molar-refractivity contribution in [1.29, 1.82) is 0 Å². The molecular formula is C17H17N4O4. The molecule has 0 fully saturated rings. The molecule has 1 aliphatic heterocycles. The van der Waals surface area contributed by atoms with Gasteiger partial charge in [-0.3, -0.25) is 9.59 Å². The topological polar surface area (TPSA) is 108 Å². The van der Waals surface area contributed by atoms with E-state index in [0.29, 0.717) is 35.7 Å². The van der Waals surface area contributed by atoms with Gasteiger partial charge in [-0.1, -0.05) is 0 Å². The number of hydrogen-bond acceptors (Lipinski definition) is 6. The van der Waals surface area contributed by atoms with Crippen molar-refractivity contribution in [1.82, 2.24) is 14.9 Å². The van der Waals surface area contributed by atoms with Crippen LogP contribution in [0.5, 0.6) is 11.5 Å². The van der Waals surface area contributed by atoms with Crippen LogP contribution in [-0.4, -0.2) is 47.4 Å². The van der Waals surface area contributed by atoms with Crippen molar-refractivity contribution in [2.24, 2.45) is 5.73 Å². The Labute approximate surface area is 144 Å². The number of amides is 2. The van der Waals surface area contributed by atoms with E-state index in [1.807, 2.05) is 0 Å². The number of nitrogens with zero attached hydrogens (tertiary/aromatic N) is 3. The summed E-state index contributed by atoms with van der Waals surface area (Å²) in [4.78, 5) is 33.6. The zero-order chi connectivity index (χ0) is 18.0. The van der Waals surface area contributed by atoms with Crippen LogP contribution in [0.1, 0.15) is 32.2 Å². The van der Waals surface area contributed by atoms with Gasteiger partial charge in [0.05, 0.1) is 32.7 Å². The lowest BCUT2D eigenvalue weighted by atomic mass is 10.1. The van der Waals surface area contributed by atoms with Gasteiger partial charge in [-0.15, -0.1) is 0 Å². The summed E-state index contributed by atoms with van der Waals surface area (Å²) in [6, 6.07) is 5.00. The van der Waals surface area contributed by atoms with Crippen molar-refractivity contribution < 1.29 is 19.1 Å². The first-order valence-corrected chi connectivity index (χ1v) is 7.62. The third-order valence-electron chi connectivity index (χ3n) is 4.00. The lowest BCUT2D eigenvalue weighted by Crippen LogP contribution is -2.37. The third-order valence-corrected chi connectivity index (χ3v) is 4.00. The van der Waals surface area contributed by atoms with E-state index >= 15 is 0 Å². The average Bonchev–Trinajstić information content (AvgIpc) is 2.65. The van der Waals surface area contributed by atoms with E-state index in [2.05, 4.69) is 16.2 Å². The van der Waals surface area contributed by atoms with Crippen molar-refractivity contribution in [3.8, 4) is 11.5 Å². The van der Waals surface area contributed by atoms with E-state index in [9.17, 15) is 9.59 Å². The third kappa shape index (κ3) is 3.23. The molecule has 129 valence electrons. The number of aromatic nitrogens is 2. The molecule has 2 aromatic rings. The zero-order valence-electron chi connectivity index (χ0n) is 13.9. The molecule has 0 aliphatic carbocycles. The minimum absolute atomic E-state index is 0.0980. The van der Waals surface area contributed by atoms with Gasteiger partial charge in [-0.2, -0.15) is 0 Å². The predicted molar refractivity (Wildman–Crippen MR) is 87.4 cm³/mol. The molecule has 2 N–H and O–H groups in total. The predicted octanol–water partition coefficient (Wildman–Crippen LogP) is 0.591. The van der Waals surface area contributed by atoms with Gasteiger partial charge in [-0.05, 0) is 24.6 Å². The summed E-state index contributed by atoms with van der Waals surface area (Å²) in [5.74, 6) is 0.0568. The Kier molecular flexibility index (Phi) is 4.51. The van der Waals surface area contributed by atoms with E-state index < -0.39 is 5.91 Å². The van der Waals surface area contributed by atoms with Crippen LogP contribution >= 0.6 is 0 Å². The van der Waals surface area contributed by atoms with Crippen molar-refractivity contribution in [3.63, 3.8) is 0 Å². The molecule has 8 nitrogen and oxygen atoms in total. The summed E-state index contributed by atoms with van der Waals surface area (Å²) in [6.07, 6.45) is 3.35. The quantitative estimate of drug-likeness (QED) is 0.872. The molecule has 2 heterocycles. The Morgan fingerprint density at radius 2 is 2.00 bits per heavy atom. The number of carbonyl (C=O) groups excluding carboxylic acids is 2. The Hall–Kier alpha value is -3.16. The SMILES string of the molecule is COc1ccc(C(=O)N2CCc3[c]nc(C(N)=O)nc3C2)cc1OC. The molecular weight excluding hydrogens is 324 g/mol. The van der Waals surface area contributed by atoms with Gasteiger partial charge in [0.25, 0.3) is 11.8 Å². The standard InChI is InChI=1S/C17H17N4O4/c1-24-13-4-3-10(7-14(13)25-2)17(23)21-6-5-11-8-19-16(15(18)22)20-12(11)9-21/h3-4,7H,5-6,9H2,1-2H3,(H2,18,22). The summed E-state index contributed by atoms with van der Waals surface area (Å²) in [5, 5.41) is 0. The number of nitrogens with two attached hydrogens (primary N) is 1. The van der Waals surface area contributed by atoms with Crippen LogP contribution in [0.4, 0.5) is 0 Å². The molecule has 1 radical (unpaired) electrons. The number of fused-ring (bicyclic) bond motifs is 1. The van der Waals surface area contributed by atoms with E-state index in [-0.39, 0.29) is 18.3 Å². The second kappa shape index (κ2) is 6.76. The van der Waals surface area contributed by atoms with Crippen molar-refractivity contribution in [3.05, 3.63) is 47.0 Å². The lowest BCUT2D eigenvalue weighted by molar-refractivity contribution is 0.0731. The molecule has 0 bridgehead atoms. The molecule has 8 heteroatoms. The van der Waals surface area contributed by atoms with Crippen LogP contribution in [0.25, 0.3) is 0 Å². The van der Waals surface area contributed by atoms with E-state index in [1.54, 1.807) is 23.1 Å². The van der Waals surface area contributed by atoms with Crippen LogP contribution in [0.3, 0.4) is 0 Å². The minimum Gasteiger partial charge on any atom is -0.493 e. The van der Waals surface area contributed by atoms with Gasteiger partial charge < -0.3 is 20.1 Å². The molecule has 1 aromatic carbocycles. The molecule has 0 atom stereocenters. The molecule has 0 saturated heterocycles. The summed E-state index contributed by atoms with van der Waals surface area (Å²) < 4.78 is 10.4. The first-order valence-electron chi connectivity index (χ1n) is 7.62. The van der Waals surface area contributed by atoms with Crippen LogP contribution in [-0.2, 0) is 13.0 Å². The number of benzene rings is 1. The van der Waals surface area contributed by atoms with Crippen LogP contribution in [0, 0.1) is 6.20 Å². The number of ether oxygens (including phenoxy) is 2. The second-order valence-corrected chi connectivity index (χ2v) is 5.49. The minimum atomic E-state index is -0.720. The number of rotatable bonds is 4. The molecule has 3 rings (SSSR count). The second-order valence-electron chi connectivity index (χ2n) is 5.49. The van der Waals surface area contributed by atoms with Crippen molar-refractivity contribution >= 4 is 11.8 Å². The first-order chi connectivity index (χ1) is 12.0. The van der Waals surface area contributed by atoms with Crippen LogP contribution in [0.2, 0.25) is 0 Å². The van der Waals surface area contributed by atoms with Crippen molar-refractivity contribution in [2.75, 3.05) is 20.8 Å². The maximum atomic E-state index is 12.8. The lowest BCUT2D eigenvalue weighted by Gasteiger charge is -2.28. The highest BCUT2D eigenvalue weighted by Gasteiger charge is 2.25. The van der Waals surface area contributed by atoms with Crippen LogP contribution in [0.15, 0.2) is 18.2 Å². The Bertz CT molecular complexity index is 837. The highest BCUT2D eigenvalue weighted by molar-refractivity contribution is 5.95. The molecule has 1 aromatic heterocycles. The summed E-state index contributed by atoms with van der Waals surface area (Å²) in [6.45, 7) is 0.776. The van der Waals surface area contributed by atoms with Gasteiger partial charge in [0.15, 0.2) is 11.5 Å². The monoisotopic (exact) mass is 341 g/mol. The van der Waals surface area contributed by atoms with E-state index in [4.69, 9.17) is 15.2 Å². The Morgan fingerprint density at radius 3 is 2.68 bits per heavy atom. The van der Waals surface area contributed by atoms with Gasteiger partial charge in [0.2, 0.25) is 5.82 Å². The molecule has 2 amide bonds. The highest BCUT2D eigenvalue weighted by Crippen LogP contribution is 2.28. The van der Waals surface area contributed by atoms with E-state index in [1.165, 1.54) is 14.2 Å². The van der Waals surface area contributed by atoms with Crippen molar-refractivity contribution in [2.45, 2.75) is 13.0 Å². The van der Waals surface area contributed by atoms with Gasteiger partial charge in [-0.25, -0.2) is 9.97 Å². The fourth-order valence-corrected chi connectivity index (χ4v) is 2.68. The highest BCUT2D eigenvalue weighted by atomic mass is 16.5. The van der Waals surface area contributed by atoms with Gasteiger partial charge in [0, 0.05) is 17.7 Å². The largest absolute Gasteiger partial charge is 0.493 e. The molecule has 1 aliphatic rings. The van der Waals surface area contributed by atoms with Gasteiger partial charge >= 0.3 is 0 Å². The Balaban J connectivity index is 1.85. The van der Waals surface area contributed by atoms with Crippen LogP contribution < -0.4 is 15.2 Å². The maximum absolute atomic E-state index is 12.8. The number of primary amides is 1. The molecule has 0 saturated carbocycles. The zero-order valence-corrected chi connectivity index (χ0v) is 13.9. The smallest absolute Gasteiger partial charge is 0.286 e. The van der Waals surface area contributed by atoms with Gasteiger partial charge in [0.1, 0.15) is 0 Å². The number of carbonyl (C=O) groups is 2. The summed E-state index contributed by atoms with van der Waals surface area (Å²) >= 11 is 0. The normalized spacial score (nSPS) is 13.1. The molecule has 0 spiro atoms. The fourth-order valence-electron chi connectivity index (χ4n) is 2.68. The van der Waals surface area contributed by atoms with E-state index in [0.717, 1.165) is 5.56 Å². The number of hydrogen-bond donors (Lipinski definition) is 1.